The second-order valence-electron chi connectivity index (χ2n) is 2.75. The van der Waals surface area contributed by atoms with Crippen LogP contribution in [-0.2, 0) is 14.3 Å². The Morgan fingerprint density at radius 2 is 1.62 bits per heavy atom. The normalized spacial score (nSPS) is 12.0. The van der Waals surface area contributed by atoms with Gasteiger partial charge in [0.1, 0.15) is 0 Å². The molecule has 0 spiro atoms. The van der Waals surface area contributed by atoms with Crippen LogP contribution in [0.3, 0.4) is 0 Å². The van der Waals surface area contributed by atoms with Gasteiger partial charge in [-0.2, -0.15) is 0 Å². The summed E-state index contributed by atoms with van der Waals surface area (Å²) >= 11 is 0. The Labute approximate surface area is 78.8 Å². The Bertz CT molecular complexity index is 239. The average Bonchev–Trinajstić information content (AvgIpc) is 2.14. The highest BCUT2D eigenvalue weighted by Gasteiger charge is 2.12. The van der Waals surface area contributed by atoms with Crippen molar-refractivity contribution >= 4 is 11.8 Å². The van der Waals surface area contributed by atoms with E-state index in [1.807, 2.05) is 0 Å². The summed E-state index contributed by atoms with van der Waals surface area (Å²) in [5, 5.41) is 0. The van der Waals surface area contributed by atoms with Gasteiger partial charge in [0.05, 0.1) is 6.61 Å². The van der Waals surface area contributed by atoms with E-state index in [1.165, 1.54) is 0 Å². The topological polar surface area (TPSA) is 43.4 Å². The summed E-state index contributed by atoms with van der Waals surface area (Å²) in [5.74, 6) is -0.410. The minimum absolute atomic E-state index is 0.00875. The number of carbonyl (C=O) groups excluding carboxylic acids is 2. The lowest BCUT2D eigenvalue weighted by molar-refractivity contribution is -0.138. The minimum atomic E-state index is -0.401. The lowest BCUT2D eigenvalue weighted by atomic mass is 10.1. The molecule has 0 fully saturated rings. The molecule has 74 valence electrons. The molecule has 0 aromatic carbocycles. The van der Waals surface area contributed by atoms with Crippen molar-refractivity contribution in [1.82, 2.24) is 0 Å². The fourth-order valence-electron chi connectivity index (χ4n) is 0.867. The van der Waals surface area contributed by atoms with E-state index >= 15 is 0 Å². The van der Waals surface area contributed by atoms with E-state index in [2.05, 4.69) is 0 Å². The summed E-state index contributed by atoms with van der Waals surface area (Å²) in [6.45, 7) is 7.11. The summed E-state index contributed by atoms with van der Waals surface area (Å²) in [6.07, 6.45) is 0.419. The van der Waals surface area contributed by atoms with Crippen LogP contribution in [0.15, 0.2) is 11.1 Å². The number of Topliss-reactive ketones (excluding diaryl/α,β-unsaturated/α-hetero) is 1. The highest BCUT2D eigenvalue weighted by atomic mass is 16.5. The Morgan fingerprint density at radius 1 is 1.08 bits per heavy atom. The van der Waals surface area contributed by atoms with Crippen molar-refractivity contribution in [3.8, 4) is 0 Å². The van der Waals surface area contributed by atoms with Crippen LogP contribution in [0.4, 0.5) is 0 Å². The largest absolute Gasteiger partial charge is 0.463 e. The molecule has 0 saturated carbocycles. The first-order chi connectivity index (χ1) is 6.04. The maximum absolute atomic E-state index is 11.2. The molecule has 0 aliphatic carbocycles. The average molecular weight is 184 g/mol. The first kappa shape index (κ1) is 11.9. The molecule has 0 unspecified atom stereocenters. The van der Waals surface area contributed by atoms with Gasteiger partial charge in [-0.05, 0) is 20.8 Å². The van der Waals surface area contributed by atoms with Gasteiger partial charge in [-0.3, -0.25) is 4.79 Å². The molecule has 0 saturated heterocycles. The van der Waals surface area contributed by atoms with Crippen LogP contribution in [0, 0.1) is 0 Å². The molecule has 0 heterocycles. The lowest BCUT2D eigenvalue weighted by Crippen LogP contribution is -2.10. The zero-order chi connectivity index (χ0) is 10.4. The fraction of sp³-hybridized carbons (Fsp3) is 0.600. The Hall–Kier alpha value is -1.12. The predicted octanol–water partition coefficient (Wildman–Crippen LogP) is 1.86. The summed E-state index contributed by atoms with van der Waals surface area (Å²) < 4.78 is 4.77. The van der Waals surface area contributed by atoms with Crippen LogP contribution in [0.5, 0.6) is 0 Å². The highest BCUT2D eigenvalue weighted by molar-refractivity contribution is 6.02. The summed E-state index contributed by atoms with van der Waals surface area (Å²) in [5.41, 5.74) is 0.912. The smallest absolute Gasteiger partial charge is 0.334 e. The van der Waals surface area contributed by atoms with Gasteiger partial charge >= 0.3 is 5.97 Å². The molecular weight excluding hydrogens is 168 g/mol. The van der Waals surface area contributed by atoms with Crippen LogP contribution in [-0.4, -0.2) is 18.4 Å². The second kappa shape index (κ2) is 5.51. The number of ether oxygens (including phenoxy) is 1. The molecule has 3 heteroatoms. The van der Waals surface area contributed by atoms with E-state index in [4.69, 9.17) is 4.74 Å². The van der Waals surface area contributed by atoms with E-state index < -0.39 is 5.97 Å². The van der Waals surface area contributed by atoms with Crippen LogP contribution in [0.2, 0.25) is 0 Å². The number of allylic oxidation sites excluding steroid dienone is 1. The second-order valence-corrected chi connectivity index (χ2v) is 2.75. The molecule has 3 nitrogen and oxygen atoms in total. The van der Waals surface area contributed by atoms with E-state index in [-0.39, 0.29) is 5.78 Å². The van der Waals surface area contributed by atoms with Gasteiger partial charge in [-0.15, -0.1) is 0 Å². The maximum atomic E-state index is 11.2. The predicted molar refractivity (Wildman–Crippen MR) is 50.3 cm³/mol. The molecule has 0 atom stereocenters. The number of hydrogen-bond acceptors (Lipinski definition) is 3. The maximum Gasteiger partial charge on any atom is 0.334 e. The van der Waals surface area contributed by atoms with Crippen molar-refractivity contribution in [3.05, 3.63) is 11.1 Å². The quantitative estimate of drug-likeness (QED) is 0.494. The first-order valence-electron chi connectivity index (χ1n) is 4.42. The van der Waals surface area contributed by atoms with Crippen molar-refractivity contribution in [3.63, 3.8) is 0 Å². The SMILES string of the molecule is CCOC(=O)/C(C)=C(\C)C(=O)CC. The number of carbonyl (C=O) groups is 2. The van der Waals surface area contributed by atoms with Crippen molar-refractivity contribution in [2.24, 2.45) is 0 Å². The highest BCUT2D eigenvalue weighted by Crippen LogP contribution is 2.08. The van der Waals surface area contributed by atoms with Gasteiger partial charge in [-0.25, -0.2) is 4.79 Å². The molecule has 0 N–H and O–H groups in total. The zero-order valence-electron chi connectivity index (χ0n) is 8.64. The van der Waals surface area contributed by atoms with Gasteiger partial charge in [0, 0.05) is 17.6 Å². The zero-order valence-corrected chi connectivity index (χ0v) is 8.64. The van der Waals surface area contributed by atoms with Crippen LogP contribution in [0.1, 0.15) is 34.1 Å². The standard InChI is InChI=1S/C10H16O3/c1-5-9(11)7(3)8(4)10(12)13-6-2/h5-6H2,1-4H3/b8-7+. The van der Waals surface area contributed by atoms with Gasteiger partial charge in [0.25, 0.3) is 0 Å². The number of ketones is 1. The summed E-state index contributed by atoms with van der Waals surface area (Å²) in [6, 6.07) is 0. The molecule has 0 aromatic heterocycles. The molecule has 0 aliphatic rings. The first-order valence-corrected chi connectivity index (χ1v) is 4.42. The third kappa shape index (κ3) is 3.40. The monoisotopic (exact) mass is 184 g/mol. The van der Waals surface area contributed by atoms with Crippen molar-refractivity contribution < 1.29 is 14.3 Å². The van der Waals surface area contributed by atoms with Crippen molar-refractivity contribution in [2.45, 2.75) is 34.1 Å². The molecular formula is C10H16O3. The Balaban J connectivity index is 4.60. The van der Waals surface area contributed by atoms with Crippen LogP contribution >= 0.6 is 0 Å². The van der Waals surface area contributed by atoms with E-state index in [0.717, 1.165) is 0 Å². The number of esters is 1. The van der Waals surface area contributed by atoms with E-state index in [0.29, 0.717) is 24.2 Å². The van der Waals surface area contributed by atoms with Crippen LogP contribution in [0.25, 0.3) is 0 Å². The third-order valence-electron chi connectivity index (χ3n) is 1.88. The number of hydrogen-bond donors (Lipinski definition) is 0. The molecule has 0 radical (unpaired) electrons. The molecule has 0 aliphatic heterocycles. The molecule has 0 bridgehead atoms. The number of rotatable bonds is 4. The van der Waals surface area contributed by atoms with Crippen LogP contribution < -0.4 is 0 Å². The summed E-state index contributed by atoms with van der Waals surface area (Å²) in [4.78, 5) is 22.4. The molecule has 13 heavy (non-hydrogen) atoms. The van der Waals surface area contributed by atoms with E-state index in [9.17, 15) is 9.59 Å². The summed E-state index contributed by atoms with van der Waals surface area (Å²) in [7, 11) is 0. The van der Waals surface area contributed by atoms with Crippen molar-refractivity contribution in [1.29, 1.82) is 0 Å². The third-order valence-corrected chi connectivity index (χ3v) is 1.88. The molecule has 0 amide bonds. The lowest BCUT2D eigenvalue weighted by Gasteiger charge is -2.04. The van der Waals surface area contributed by atoms with Crippen molar-refractivity contribution in [2.75, 3.05) is 6.61 Å². The fourth-order valence-corrected chi connectivity index (χ4v) is 0.867. The molecule has 0 rings (SSSR count). The van der Waals surface area contributed by atoms with E-state index in [1.54, 1.807) is 27.7 Å². The Morgan fingerprint density at radius 3 is 2.00 bits per heavy atom. The molecule has 0 aromatic rings. The van der Waals surface area contributed by atoms with Gasteiger partial charge in [0.15, 0.2) is 5.78 Å². The van der Waals surface area contributed by atoms with Gasteiger partial charge in [-0.1, -0.05) is 6.92 Å². The van der Waals surface area contributed by atoms with Gasteiger partial charge in [0.2, 0.25) is 0 Å². The Kier molecular flexibility index (Phi) is 5.04. The minimum Gasteiger partial charge on any atom is -0.463 e. The van der Waals surface area contributed by atoms with Gasteiger partial charge < -0.3 is 4.74 Å².